The SMILES string of the molecule is Cc1ccc(-c2ccc(C)cc2C(C)C)nc1. The number of hydrogen-bond acceptors (Lipinski definition) is 1. The molecule has 2 rings (SSSR count). The summed E-state index contributed by atoms with van der Waals surface area (Å²) in [5, 5.41) is 0. The summed E-state index contributed by atoms with van der Waals surface area (Å²) in [6.45, 7) is 8.66. The molecule has 0 saturated carbocycles. The Hall–Kier alpha value is -1.63. The highest BCUT2D eigenvalue weighted by atomic mass is 14.7. The molecule has 0 unspecified atom stereocenters. The van der Waals surface area contributed by atoms with Gasteiger partial charge < -0.3 is 0 Å². The number of pyridine rings is 1. The maximum Gasteiger partial charge on any atom is 0.0705 e. The number of aromatic nitrogens is 1. The third kappa shape index (κ3) is 2.55. The van der Waals surface area contributed by atoms with Crippen molar-refractivity contribution in [1.29, 1.82) is 0 Å². The van der Waals surface area contributed by atoms with Crippen molar-refractivity contribution in [3.05, 3.63) is 53.2 Å². The topological polar surface area (TPSA) is 12.9 Å². The van der Waals surface area contributed by atoms with Crippen molar-refractivity contribution in [3.63, 3.8) is 0 Å². The van der Waals surface area contributed by atoms with Crippen LogP contribution < -0.4 is 0 Å². The number of hydrogen-bond donors (Lipinski definition) is 0. The van der Waals surface area contributed by atoms with Gasteiger partial charge in [0.25, 0.3) is 0 Å². The molecule has 0 radical (unpaired) electrons. The van der Waals surface area contributed by atoms with Crippen molar-refractivity contribution >= 4 is 0 Å². The summed E-state index contributed by atoms with van der Waals surface area (Å²) in [6.07, 6.45) is 1.93. The van der Waals surface area contributed by atoms with Gasteiger partial charge in [-0.2, -0.15) is 0 Å². The van der Waals surface area contributed by atoms with Gasteiger partial charge in [0.15, 0.2) is 0 Å². The smallest absolute Gasteiger partial charge is 0.0705 e. The standard InChI is InChI=1S/C16H19N/c1-11(2)15-9-12(3)5-7-14(15)16-8-6-13(4)10-17-16/h5-11H,1-4H3. The van der Waals surface area contributed by atoms with Gasteiger partial charge in [0.2, 0.25) is 0 Å². The third-order valence-corrected chi connectivity index (χ3v) is 3.02. The Morgan fingerprint density at radius 1 is 0.941 bits per heavy atom. The lowest BCUT2D eigenvalue weighted by molar-refractivity contribution is 0.866. The normalized spacial score (nSPS) is 10.9. The van der Waals surface area contributed by atoms with Crippen LogP contribution in [0, 0.1) is 13.8 Å². The fourth-order valence-corrected chi connectivity index (χ4v) is 2.02. The number of benzene rings is 1. The van der Waals surface area contributed by atoms with Gasteiger partial charge in [-0.15, -0.1) is 0 Å². The van der Waals surface area contributed by atoms with Crippen LogP contribution in [0.1, 0.15) is 36.5 Å². The molecule has 1 aromatic carbocycles. The first-order chi connectivity index (χ1) is 8.08. The van der Waals surface area contributed by atoms with E-state index in [4.69, 9.17) is 0 Å². The second-order valence-corrected chi connectivity index (χ2v) is 4.97. The van der Waals surface area contributed by atoms with Gasteiger partial charge in [-0.3, -0.25) is 4.98 Å². The summed E-state index contributed by atoms with van der Waals surface area (Å²) in [5.74, 6) is 0.521. The maximum absolute atomic E-state index is 4.52. The molecule has 0 fully saturated rings. The van der Waals surface area contributed by atoms with Gasteiger partial charge in [-0.25, -0.2) is 0 Å². The molecule has 0 N–H and O–H groups in total. The average Bonchev–Trinajstić information content (AvgIpc) is 2.30. The fourth-order valence-electron chi connectivity index (χ4n) is 2.02. The molecule has 2 aromatic rings. The summed E-state index contributed by atoms with van der Waals surface area (Å²) >= 11 is 0. The zero-order valence-corrected chi connectivity index (χ0v) is 11.0. The fraction of sp³-hybridized carbons (Fsp3) is 0.312. The minimum atomic E-state index is 0.521. The minimum absolute atomic E-state index is 0.521. The van der Waals surface area contributed by atoms with Crippen LogP contribution in [0.5, 0.6) is 0 Å². The molecule has 0 aliphatic carbocycles. The Bertz CT molecular complexity index is 510. The average molecular weight is 225 g/mol. The first-order valence-electron chi connectivity index (χ1n) is 6.11. The highest BCUT2D eigenvalue weighted by Crippen LogP contribution is 2.28. The van der Waals surface area contributed by atoms with E-state index in [0.29, 0.717) is 5.92 Å². The molecule has 1 nitrogen and oxygen atoms in total. The first-order valence-corrected chi connectivity index (χ1v) is 6.11. The van der Waals surface area contributed by atoms with Crippen molar-refractivity contribution in [1.82, 2.24) is 4.98 Å². The van der Waals surface area contributed by atoms with Gasteiger partial charge in [0.1, 0.15) is 0 Å². The van der Waals surface area contributed by atoms with E-state index in [0.717, 1.165) is 5.69 Å². The Morgan fingerprint density at radius 3 is 2.24 bits per heavy atom. The van der Waals surface area contributed by atoms with Crippen LogP contribution in [0.15, 0.2) is 36.5 Å². The molecule has 17 heavy (non-hydrogen) atoms. The maximum atomic E-state index is 4.52. The van der Waals surface area contributed by atoms with Crippen LogP contribution in [0.4, 0.5) is 0 Å². The largest absolute Gasteiger partial charge is 0.256 e. The molecular weight excluding hydrogens is 206 g/mol. The molecule has 0 spiro atoms. The van der Waals surface area contributed by atoms with Crippen molar-refractivity contribution in [2.24, 2.45) is 0 Å². The van der Waals surface area contributed by atoms with E-state index in [-0.39, 0.29) is 0 Å². The molecule has 0 bridgehead atoms. The second-order valence-electron chi connectivity index (χ2n) is 4.97. The second kappa shape index (κ2) is 4.70. The highest BCUT2D eigenvalue weighted by Gasteiger charge is 2.09. The lowest BCUT2D eigenvalue weighted by atomic mass is 9.93. The number of rotatable bonds is 2. The van der Waals surface area contributed by atoms with Crippen LogP contribution in [0.3, 0.4) is 0 Å². The summed E-state index contributed by atoms with van der Waals surface area (Å²) in [5.41, 5.74) is 6.21. The highest BCUT2D eigenvalue weighted by molar-refractivity contribution is 5.65. The van der Waals surface area contributed by atoms with E-state index in [2.05, 4.69) is 63.0 Å². The summed E-state index contributed by atoms with van der Waals surface area (Å²) in [7, 11) is 0. The van der Waals surface area contributed by atoms with Gasteiger partial charge in [-0.1, -0.05) is 43.7 Å². The van der Waals surface area contributed by atoms with E-state index in [1.807, 2.05) is 6.20 Å². The van der Waals surface area contributed by atoms with Gasteiger partial charge in [0, 0.05) is 11.8 Å². The Labute approximate surface area is 104 Å². The quantitative estimate of drug-likeness (QED) is 0.734. The van der Waals surface area contributed by atoms with Crippen LogP contribution in [0.25, 0.3) is 11.3 Å². The van der Waals surface area contributed by atoms with E-state index >= 15 is 0 Å². The third-order valence-electron chi connectivity index (χ3n) is 3.02. The van der Waals surface area contributed by atoms with Gasteiger partial charge in [-0.05, 0) is 37.0 Å². The lowest BCUT2D eigenvalue weighted by Gasteiger charge is -2.13. The molecule has 1 heterocycles. The van der Waals surface area contributed by atoms with Crippen molar-refractivity contribution in [2.75, 3.05) is 0 Å². The molecule has 0 amide bonds. The molecular formula is C16H19N. The Kier molecular flexibility index (Phi) is 3.28. The molecule has 1 aromatic heterocycles. The minimum Gasteiger partial charge on any atom is -0.256 e. The van der Waals surface area contributed by atoms with E-state index in [9.17, 15) is 0 Å². The van der Waals surface area contributed by atoms with Crippen molar-refractivity contribution in [3.8, 4) is 11.3 Å². The lowest BCUT2D eigenvalue weighted by Crippen LogP contribution is -1.95. The van der Waals surface area contributed by atoms with Crippen LogP contribution in [0.2, 0.25) is 0 Å². The van der Waals surface area contributed by atoms with Crippen molar-refractivity contribution < 1.29 is 0 Å². The summed E-state index contributed by atoms with van der Waals surface area (Å²) in [4.78, 5) is 4.52. The molecule has 88 valence electrons. The summed E-state index contributed by atoms with van der Waals surface area (Å²) < 4.78 is 0. The Balaban J connectivity index is 2.54. The zero-order chi connectivity index (χ0) is 12.4. The van der Waals surface area contributed by atoms with Crippen molar-refractivity contribution in [2.45, 2.75) is 33.6 Å². The molecule has 0 aliphatic heterocycles. The Morgan fingerprint density at radius 2 is 1.65 bits per heavy atom. The molecule has 0 aliphatic rings. The van der Waals surface area contributed by atoms with E-state index < -0.39 is 0 Å². The van der Waals surface area contributed by atoms with Crippen LogP contribution >= 0.6 is 0 Å². The zero-order valence-electron chi connectivity index (χ0n) is 11.0. The monoisotopic (exact) mass is 225 g/mol. The number of nitrogens with zero attached hydrogens (tertiary/aromatic N) is 1. The predicted molar refractivity (Wildman–Crippen MR) is 73.2 cm³/mol. The van der Waals surface area contributed by atoms with E-state index in [1.165, 1.54) is 22.3 Å². The first kappa shape index (κ1) is 11.8. The van der Waals surface area contributed by atoms with Gasteiger partial charge >= 0.3 is 0 Å². The molecule has 0 atom stereocenters. The number of aryl methyl sites for hydroxylation is 2. The summed E-state index contributed by atoms with van der Waals surface area (Å²) in [6, 6.07) is 10.8. The van der Waals surface area contributed by atoms with Crippen LogP contribution in [-0.4, -0.2) is 4.98 Å². The molecule has 0 saturated heterocycles. The van der Waals surface area contributed by atoms with E-state index in [1.54, 1.807) is 0 Å². The molecule has 1 heteroatoms. The van der Waals surface area contributed by atoms with Crippen LogP contribution in [-0.2, 0) is 0 Å². The predicted octanol–water partition coefficient (Wildman–Crippen LogP) is 4.49. The van der Waals surface area contributed by atoms with Gasteiger partial charge in [0.05, 0.1) is 5.69 Å².